The molecule has 0 saturated heterocycles. The first kappa shape index (κ1) is 8.61. The second-order valence-electron chi connectivity index (χ2n) is 2.93. The maximum absolute atomic E-state index is 11.8. The number of aryl methyl sites for hydroxylation is 2. The van der Waals surface area contributed by atoms with Crippen molar-refractivity contribution in [3.63, 3.8) is 0 Å². The molecule has 0 saturated carbocycles. The van der Waals surface area contributed by atoms with Gasteiger partial charge >= 0.3 is 0 Å². The number of carbonyl (C=O) groups excluding carboxylic acids is 1. The Bertz CT molecular complexity index is 427. The van der Waals surface area contributed by atoms with Gasteiger partial charge in [0.05, 0.1) is 6.20 Å². The van der Waals surface area contributed by atoms with Gasteiger partial charge in [0.15, 0.2) is 5.82 Å². The lowest BCUT2D eigenvalue weighted by Crippen LogP contribution is -2.12. The average molecular weight is 191 g/mol. The molecule has 2 aromatic rings. The van der Waals surface area contributed by atoms with Crippen LogP contribution in [0.25, 0.3) is 0 Å². The Morgan fingerprint density at radius 1 is 1.43 bits per heavy atom. The highest BCUT2D eigenvalue weighted by atomic mass is 16.1. The summed E-state index contributed by atoms with van der Waals surface area (Å²) in [7, 11) is 3.44. The molecule has 14 heavy (non-hydrogen) atoms. The molecular formula is C8H9N5O. The van der Waals surface area contributed by atoms with E-state index in [1.807, 2.05) is 0 Å². The molecule has 0 fully saturated rings. The molecule has 6 nitrogen and oxygen atoms in total. The number of rotatable bonds is 2. The van der Waals surface area contributed by atoms with Crippen molar-refractivity contribution < 1.29 is 4.79 Å². The second-order valence-corrected chi connectivity index (χ2v) is 2.93. The molecule has 2 aromatic heterocycles. The molecule has 6 heteroatoms. The lowest BCUT2D eigenvalue weighted by Gasteiger charge is -1.99. The van der Waals surface area contributed by atoms with Crippen LogP contribution in [0.3, 0.4) is 0 Å². The van der Waals surface area contributed by atoms with Crippen molar-refractivity contribution in [1.82, 2.24) is 24.5 Å². The third-order valence-electron chi connectivity index (χ3n) is 1.97. The minimum Gasteiger partial charge on any atom is -0.331 e. The Morgan fingerprint density at radius 3 is 2.71 bits per heavy atom. The normalized spacial score (nSPS) is 10.4. The highest BCUT2D eigenvalue weighted by Crippen LogP contribution is 2.04. The summed E-state index contributed by atoms with van der Waals surface area (Å²) in [6.07, 6.45) is 4.73. The van der Waals surface area contributed by atoms with E-state index in [-0.39, 0.29) is 5.78 Å². The van der Waals surface area contributed by atoms with E-state index in [4.69, 9.17) is 0 Å². The molecule has 0 aliphatic carbocycles. The van der Waals surface area contributed by atoms with Crippen LogP contribution in [-0.4, -0.2) is 30.3 Å². The topological polar surface area (TPSA) is 65.6 Å². The van der Waals surface area contributed by atoms with Crippen LogP contribution in [0.1, 0.15) is 16.3 Å². The maximum atomic E-state index is 11.8. The zero-order valence-corrected chi connectivity index (χ0v) is 7.88. The lowest BCUT2D eigenvalue weighted by atomic mass is 10.3. The van der Waals surface area contributed by atoms with Crippen molar-refractivity contribution in [2.24, 2.45) is 14.1 Å². The molecule has 0 amide bonds. The van der Waals surface area contributed by atoms with Gasteiger partial charge in [-0.05, 0) is 0 Å². The van der Waals surface area contributed by atoms with Crippen LogP contribution in [0.4, 0.5) is 0 Å². The Labute approximate surface area is 80.2 Å². The predicted octanol–water partition coefficient (Wildman–Crippen LogP) is -0.220. The van der Waals surface area contributed by atoms with Crippen LogP contribution in [0.2, 0.25) is 0 Å². The number of aromatic nitrogens is 5. The van der Waals surface area contributed by atoms with Gasteiger partial charge < -0.3 is 4.57 Å². The van der Waals surface area contributed by atoms with Crippen LogP contribution < -0.4 is 0 Å². The van der Waals surface area contributed by atoms with Gasteiger partial charge in [-0.3, -0.25) is 4.79 Å². The molecular weight excluding hydrogens is 182 g/mol. The Hall–Kier alpha value is -1.98. The van der Waals surface area contributed by atoms with E-state index in [1.54, 1.807) is 31.1 Å². The third kappa shape index (κ3) is 1.20. The number of ketones is 1. The van der Waals surface area contributed by atoms with Crippen LogP contribution in [0.15, 0.2) is 18.6 Å². The van der Waals surface area contributed by atoms with Gasteiger partial charge in [-0.2, -0.15) is 0 Å². The molecule has 0 spiro atoms. The molecule has 0 aromatic carbocycles. The molecule has 2 heterocycles. The van der Waals surface area contributed by atoms with Crippen LogP contribution in [-0.2, 0) is 14.1 Å². The second kappa shape index (κ2) is 3.06. The van der Waals surface area contributed by atoms with Crippen molar-refractivity contribution in [1.29, 1.82) is 0 Å². The summed E-state index contributed by atoms with van der Waals surface area (Å²) in [6, 6.07) is 0. The maximum Gasteiger partial charge on any atom is 0.248 e. The quantitative estimate of drug-likeness (QED) is 0.615. The summed E-state index contributed by atoms with van der Waals surface area (Å²) in [5.41, 5.74) is 0.430. The first-order valence-corrected chi connectivity index (χ1v) is 4.07. The Balaban J connectivity index is 2.44. The Kier molecular flexibility index (Phi) is 1.88. The highest BCUT2D eigenvalue weighted by Gasteiger charge is 2.17. The zero-order valence-electron chi connectivity index (χ0n) is 7.88. The molecule has 0 radical (unpaired) electrons. The molecule has 0 unspecified atom stereocenters. The minimum absolute atomic E-state index is 0.176. The van der Waals surface area contributed by atoms with Gasteiger partial charge in [0, 0.05) is 26.5 Å². The van der Waals surface area contributed by atoms with Crippen LogP contribution >= 0.6 is 0 Å². The van der Waals surface area contributed by atoms with Gasteiger partial charge in [-0.25, -0.2) is 9.67 Å². The van der Waals surface area contributed by atoms with E-state index in [1.165, 1.54) is 10.9 Å². The summed E-state index contributed by atoms with van der Waals surface area (Å²) >= 11 is 0. The predicted molar refractivity (Wildman–Crippen MR) is 47.6 cm³/mol. The van der Waals surface area contributed by atoms with E-state index in [9.17, 15) is 4.79 Å². The van der Waals surface area contributed by atoms with Crippen LogP contribution in [0.5, 0.6) is 0 Å². The van der Waals surface area contributed by atoms with E-state index in [0.717, 1.165) is 0 Å². The molecule has 0 atom stereocenters. The molecule has 0 bridgehead atoms. The SMILES string of the molecule is Cn1ccnc1C(=O)c1cnnn1C. The van der Waals surface area contributed by atoms with E-state index >= 15 is 0 Å². The summed E-state index contributed by atoms with van der Waals surface area (Å²) < 4.78 is 3.09. The van der Waals surface area contributed by atoms with Gasteiger partial charge in [0.2, 0.25) is 5.78 Å². The van der Waals surface area contributed by atoms with Gasteiger partial charge in [0.25, 0.3) is 0 Å². The first-order chi connectivity index (χ1) is 6.70. The van der Waals surface area contributed by atoms with Crippen molar-refractivity contribution in [3.05, 3.63) is 30.1 Å². The first-order valence-electron chi connectivity index (χ1n) is 4.07. The smallest absolute Gasteiger partial charge is 0.248 e. The third-order valence-corrected chi connectivity index (χ3v) is 1.97. The molecule has 0 aliphatic rings. The summed E-state index contributed by atoms with van der Waals surface area (Å²) in [5.74, 6) is 0.209. The van der Waals surface area contributed by atoms with Gasteiger partial charge in [0.1, 0.15) is 5.69 Å². The van der Waals surface area contributed by atoms with Gasteiger partial charge in [-0.1, -0.05) is 5.21 Å². The number of hydrogen-bond acceptors (Lipinski definition) is 4. The van der Waals surface area contributed by atoms with Crippen LogP contribution in [0, 0.1) is 0 Å². The zero-order chi connectivity index (χ0) is 10.1. The molecule has 0 N–H and O–H groups in total. The van der Waals surface area contributed by atoms with E-state index in [2.05, 4.69) is 15.3 Å². The number of imidazole rings is 1. The van der Waals surface area contributed by atoms with Crippen molar-refractivity contribution in [2.45, 2.75) is 0 Å². The molecule has 0 aliphatic heterocycles. The van der Waals surface area contributed by atoms with E-state index < -0.39 is 0 Å². The number of carbonyl (C=O) groups is 1. The fourth-order valence-electron chi connectivity index (χ4n) is 1.19. The number of hydrogen-bond donors (Lipinski definition) is 0. The van der Waals surface area contributed by atoms with E-state index in [0.29, 0.717) is 11.5 Å². The average Bonchev–Trinajstić information content (AvgIpc) is 2.73. The fourth-order valence-corrected chi connectivity index (χ4v) is 1.19. The lowest BCUT2D eigenvalue weighted by molar-refractivity contribution is 0.101. The van der Waals surface area contributed by atoms with Crippen molar-refractivity contribution in [3.8, 4) is 0 Å². The minimum atomic E-state index is -0.176. The molecule has 2 rings (SSSR count). The monoisotopic (exact) mass is 191 g/mol. The largest absolute Gasteiger partial charge is 0.331 e. The highest BCUT2D eigenvalue weighted by molar-refractivity contribution is 6.05. The fraction of sp³-hybridized carbons (Fsp3) is 0.250. The number of nitrogens with zero attached hydrogens (tertiary/aromatic N) is 5. The Morgan fingerprint density at radius 2 is 2.21 bits per heavy atom. The van der Waals surface area contributed by atoms with Crippen molar-refractivity contribution in [2.75, 3.05) is 0 Å². The standard InChI is InChI=1S/C8H9N5O/c1-12-4-3-9-8(12)7(14)6-5-10-11-13(6)2/h3-5H,1-2H3. The summed E-state index contributed by atoms with van der Waals surface area (Å²) in [5, 5.41) is 7.32. The summed E-state index contributed by atoms with van der Waals surface area (Å²) in [6.45, 7) is 0. The molecule has 72 valence electrons. The van der Waals surface area contributed by atoms with Crippen molar-refractivity contribution >= 4 is 5.78 Å². The van der Waals surface area contributed by atoms with Gasteiger partial charge in [-0.15, -0.1) is 5.10 Å². The summed E-state index contributed by atoms with van der Waals surface area (Å²) in [4.78, 5) is 15.8.